The van der Waals surface area contributed by atoms with Crippen LogP contribution in [0.4, 0.5) is 0 Å². The van der Waals surface area contributed by atoms with Crippen molar-refractivity contribution >= 4 is 0 Å². The summed E-state index contributed by atoms with van der Waals surface area (Å²) in [5.41, 5.74) is 0. The molecule has 0 aromatic rings. The van der Waals surface area contributed by atoms with Gasteiger partial charge in [0.25, 0.3) is 0 Å². The van der Waals surface area contributed by atoms with Gasteiger partial charge in [0.15, 0.2) is 0 Å². The van der Waals surface area contributed by atoms with E-state index in [0.29, 0.717) is 0 Å². The Labute approximate surface area is 63.5 Å². The predicted octanol–water partition coefficient (Wildman–Crippen LogP) is -2.62. The molecule has 0 radical (unpaired) electrons. The predicted molar refractivity (Wildman–Crippen MR) is 1.37 cm³/mol. The van der Waals surface area contributed by atoms with Crippen LogP contribution in [0.1, 0.15) is 0 Å². The molecule has 0 atom stereocenters. The fourth-order valence-corrected chi connectivity index (χ4v) is 0. The summed E-state index contributed by atoms with van der Waals surface area (Å²) in [5, 5.41) is 0. The quantitative estimate of drug-likeness (QED) is 0.428. The first kappa shape index (κ1) is 15.7. The average Bonchev–Trinajstić information content (AvgIpc) is 1.39. The van der Waals surface area contributed by atoms with E-state index < -0.39 is 30.4 Å². The Kier molecular flexibility index (Phi) is 61.9. The fourth-order valence-electron chi connectivity index (χ4n) is 0. The van der Waals surface area contributed by atoms with Gasteiger partial charge < -0.3 is 0 Å². The molecule has 0 aliphatic carbocycles. The molecule has 7 heavy (non-hydrogen) atoms. The van der Waals surface area contributed by atoms with Crippen LogP contribution in [0.3, 0.4) is 0 Å². The van der Waals surface area contributed by atoms with Crippen molar-refractivity contribution < 1.29 is 63.6 Å². The number of hydrogen-bond donors (Lipinski definition) is 0. The van der Waals surface area contributed by atoms with Crippen LogP contribution >= 0.6 is 0 Å². The molecular weight excluding hydrogens is 232 g/mol. The fraction of sp³-hybridized carbons (Fsp3) is 0. The van der Waals surface area contributed by atoms with Crippen LogP contribution in [-0.2, 0) is 55.2 Å². The number of hydrogen-bond acceptors (Lipinski definition) is 4. The van der Waals surface area contributed by atoms with Crippen molar-refractivity contribution in [1.29, 1.82) is 0 Å². The van der Waals surface area contributed by atoms with Gasteiger partial charge in [-0.3, -0.25) is 0 Å². The normalized spacial score (nSPS) is 4.86. The standard InChI is InChI=1S/3Fe.4O/q;;+2;;;2*-1. The Balaban J connectivity index is -0.0000000400. The van der Waals surface area contributed by atoms with Crippen LogP contribution in [0, 0.1) is 0 Å². The van der Waals surface area contributed by atoms with E-state index in [1.807, 2.05) is 0 Å². The van der Waals surface area contributed by atoms with Gasteiger partial charge in [0.05, 0.1) is 0 Å². The maximum atomic E-state index is 8.38. The molecule has 0 rings (SSSR count). The van der Waals surface area contributed by atoms with Crippen molar-refractivity contribution in [2.75, 3.05) is 0 Å². The molecule has 0 N–H and O–H groups in total. The molecule has 0 amide bonds. The number of rotatable bonds is 0. The van der Waals surface area contributed by atoms with Crippen LogP contribution in [-0.4, -0.2) is 0 Å². The molecule has 0 saturated carbocycles. The molecule has 0 spiro atoms. The van der Waals surface area contributed by atoms with Crippen molar-refractivity contribution in [2.24, 2.45) is 0 Å². The maximum absolute atomic E-state index is 8.38. The van der Waals surface area contributed by atoms with Gasteiger partial charge in [0, 0.05) is 0 Å². The topological polar surface area (TPSA) is 80.3 Å². The molecular formula is Fe3O4. The van der Waals surface area contributed by atoms with Crippen LogP contribution < -0.4 is 8.38 Å². The molecule has 0 saturated heterocycles. The van der Waals surface area contributed by atoms with Gasteiger partial charge in [0.2, 0.25) is 0 Å². The van der Waals surface area contributed by atoms with Crippen LogP contribution in [0.5, 0.6) is 0 Å². The first-order valence-corrected chi connectivity index (χ1v) is 2.38. The van der Waals surface area contributed by atoms with Gasteiger partial charge in [0.1, 0.15) is 0 Å². The Morgan fingerprint density at radius 1 is 1.00 bits per heavy atom. The third kappa shape index (κ3) is 157. The van der Waals surface area contributed by atoms with Crippen LogP contribution in [0.25, 0.3) is 0 Å². The van der Waals surface area contributed by atoms with Crippen molar-refractivity contribution in [1.82, 2.24) is 0 Å². The van der Waals surface area contributed by atoms with Crippen molar-refractivity contribution in [3.05, 3.63) is 0 Å². The van der Waals surface area contributed by atoms with E-state index in [-0.39, 0.29) is 17.1 Å². The zero-order valence-corrected chi connectivity index (χ0v) is 6.01. The third-order valence-corrected chi connectivity index (χ3v) is 0. The van der Waals surface area contributed by atoms with Gasteiger partial charge in [-0.1, -0.05) is 0 Å². The Bertz CT molecular complexity index is 27.9. The molecule has 48 valence electrons. The second-order valence-corrected chi connectivity index (χ2v) is 0.486. The van der Waals surface area contributed by atoms with Gasteiger partial charge in [-0.25, -0.2) is 0 Å². The molecule has 0 aliphatic rings. The van der Waals surface area contributed by atoms with Crippen LogP contribution in [0.15, 0.2) is 0 Å². The van der Waals surface area contributed by atoms with Crippen molar-refractivity contribution in [2.45, 2.75) is 0 Å². The second-order valence-electron chi connectivity index (χ2n) is 0.118. The van der Waals surface area contributed by atoms with Crippen molar-refractivity contribution in [3.63, 3.8) is 0 Å². The van der Waals surface area contributed by atoms with Gasteiger partial charge in [-0.05, 0) is 0 Å². The summed E-state index contributed by atoms with van der Waals surface area (Å²) in [7, 11) is 0. The average molecular weight is 232 g/mol. The molecule has 7 heteroatoms. The SMILES string of the molecule is [Fe+2].[O]=[Fe][O-].[O]=[Fe][O-]. The summed E-state index contributed by atoms with van der Waals surface area (Å²) < 4.78 is 33.5. The van der Waals surface area contributed by atoms with E-state index in [2.05, 4.69) is 0 Å². The summed E-state index contributed by atoms with van der Waals surface area (Å²) in [5.74, 6) is 0. The monoisotopic (exact) mass is 232 g/mol. The van der Waals surface area contributed by atoms with E-state index in [1.165, 1.54) is 0 Å². The Morgan fingerprint density at radius 2 is 1.00 bits per heavy atom. The molecule has 0 fully saturated rings. The van der Waals surface area contributed by atoms with E-state index in [0.717, 1.165) is 0 Å². The summed E-state index contributed by atoms with van der Waals surface area (Å²) in [6.07, 6.45) is 0. The third-order valence-electron chi connectivity index (χ3n) is 0. The van der Waals surface area contributed by atoms with Crippen molar-refractivity contribution in [3.8, 4) is 0 Å². The molecule has 0 aliphatic heterocycles. The summed E-state index contributed by atoms with van der Waals surface area (Å²) in [6, 6.07) is 0. The first-order valence-electron chi connectivity index (χ1n) is 0.577. The summed E-state index contributed by atoms with van der Waals surface area (Å²) in [4.78, 5) is 0. The molecule has 0 bridgehead atoms. The molecule has 0 aromatic carbocycles. The van der Waals surface area contributed by atoms with E-state index in [1.54, 1.807) is 0 Å². The van der Waals surface area contributed by atoms with Crippen LogP contribution in [0.2, 0.25) is 0 Å². The second kappa shape index (κ2) is 27.6. The Hall–Kier alpha value is 1.08. The summed E-state index contributed by atoms with van der Waals surface area (Å²) >= 11 is -2.50. The molecule has 4 nitrogen and oxygen atoms in total. The molecule has 0 unspecified atom stereocenters. The van der Waals surface area contributed by atoms with Gasteiger partial charge >= 0.3 is 63.6 Å². The minimum absolute atomic E-state index is 0. The van der Waals surface area contributed by atoms with E-state index >= 15 is 0 Å². The van der Waals surface area contributed by atoms with Gasteiger partial charge in [-0.2, -0.15) is 0 Å². The van der Waals surface area contributed by atoms with E-state index in [9.17, 15) is 0 Å². The summed E-state index contributed by atoms with van der Waals surface area (Å²) in [6.45, 7) is 0. The first-order chi connectivity index (χ1) is 2.83. The zero-order chi connectivity index (χ0) is 5.41. The minimum atomic E-state index is -1.25. The zero-order valence-electron chi connectivity index (χ0n) is 2.69. The molecule has 0 aromatic heterocycles. The molecule has 0 heterocycles. The van der Waals surface area contributed by atoms with Gasteiger partial charge in [-0.15, -0.1) is 0 Å². The Morgan fingerprint density at radius 3 is 1.00 bits per heavy atom. The van der Waals surface area contributed by atoms with E-state index in [4.69, 9.17) is 16.0 Å².